The van der Waals surface area contributed by atoms with Gasteiger partial charge in [-0.3, -0.25) is 4.57 Å². The summed E-state index contributed by atoms with van der Waals surface area (Å²) in [6, 6.07) is 2.46. The van der Waals surface area contributed by atoms with Crippen molar-refractivity contribution >= 4 is 17.7 Å². The van der Waals surface area contributed by atoms with Gasteiger partial charge in [0.05, 0.1) is 11.1 Å². The first-order valence-electron chi connectivity index (χ1n) is 6.27. The van der Waals surface area contributed by atoms with Gasteiger partial charge in [-0.15, -0.1) is 5.10 Å². The lowest BCUT2D eigenvalue weighted by molar-refractivity contribution is -0.137. The third-order valence-electron chi connectivity index (χ3n) is 3.11. The average Bonchev–Trinajstić information content (AvgIpc) is 2.71. The zero-order chi connectivity index (χ0) is 17.4. The number of rotatable bonds is 4. The number of aromatic carboxylic acids is 1. The van der Waals surface area contributed by atoms with Gasteiger partial charge in [0.2, 0.25) is 0 Å². The van der Waals surface area contributed by atoms with Gasteiger partial charge >= 0.3 is 17.8 Å². The first-order valence-corrected chi connectivity index (χ1v) is 7.26. The molecule has 0 radical (unpaired) electrons. The third kappa shape index (κ3) is 3.58. The maximum absolute atomic E-state index is 12.8. The molecule has 0 bridgehead atoms. The second kappa shape index (κ2) is 6.11. The van der Waals surface area contributed by atoms with E-state index in [4.69, 9.17) is 5.11 Å². The Hall–Kier alpha value is -2.23. The van der Waals surface area contributed by atoms with E-state index < -0.39 is 17.7 Å². The fourth-order valence-electron chi connectivity index (χ4n) is 1.90. The maximum Gasteiger partial charge on any atom is 0.416 e. The van der Waals surface area contributed by atoms with Gasteiger partial charge in [0.15, 0.2) is 5.16 Å². The topological polar surface area (TPSA) is 77.1 Å². The summed E-state index contributed by atoms with van der Waals surface area (Å²) in [6.07, 6.45) is -4.56. The zero-order valence-electron chi connectivity index (χ0n) is 12.1. The Kier molecular flexibility index (Phi) is 4.55. The summed E-state index contributed by atoms with van der Waals surface area (Å²) >= 11 is 0.986. The molecule has 124 valence electrons. The summed E-state index contributed by atoms with van der Waals surface area (Å²) in [4.78, 5) is 22.7. The molecule has 1 aromatic heterocycles. The smallest absolute Gasteiger partial charge is 0.416 e. The molecule has 0 aliphatic rings. The summed E-state index contributed by atoms with van der Waals surface area (Å²) in [5.41, 5.74) is -1.51. The molecule has 0 aliphatic heterocycles. The molecule has 2 aromatic rings. The largest absolute Gasteiger partial charge is 0.478 e. The number of hydrogen-bond acceptors (Lipinski definition) is 4. The number of carboxylic acids is 1. The minimum atomic E-state index is -4.56. The lowest BCUT2D eigenvalue weighted by Crippen LogP contribution is -2.20. The van der Waals surface area contributed by atoms with Gasteiger partial charge < -0.3 is 5.11 Å². The first kappa shape index (κ1) is 17.1. The molecule has 6 nitrogen and oxygen atoms in total. The van der Waals surface area contributed by atoms with E-state index in [2.05, 4.69) is 5.10 Å². The third-order valence-corrected chi connectivity index (χ3v) is 4.18. The van der Waals surface area contributed by atoms with Crippen molar-refractivity contribution in [2.45, 2.75) is 17.1 Å². The van der Waals surface area contributed by atoms with Gasteiger partial charge in [-0.2, -0.15) is 13.2 Å². The summed E-state index contributed by atoms with van der Waals surface area (Å²) < 4.78 is 40.6. The van der Waals surface area contributed by atoms with E-state index in [1.807, 2.05) is 0 Å². The molecular weight excluding hydrogens is 335 g/mol. The van der Waals surface area contributed by atoms with Crippen LogP contribution in [0.1, 0.15) is 21.5 Å². The Bertz CT molecular complexity index is 811. The number of aryl methyl sites for hydroxylation is 1. The molecule has 0 amide bonds. The van der Waals surface area contributed by atoms with E-state index in [0.29, 0.717) is 0 Å². The molecule has 0 atom stereocenters. The van der Waals surface area contributed by atoms with E-state index in [-0.39, 0.29) is 27.7 Å². The van der Waals surface area contributed by atoms with E-state index in [1.165, 1.54) is 18.7 Å². The van der Waals surface area contributed by atoms with Gasteiger partial charge in [-0.1, -0.05) is 11.8 Å². The van der Waals surface area contributed by atoms with Gasteiger partial charge in [0, 0.05) is 19.8 Å². The van der Waals surface area contributed by atoms with Crippen LogP contribution in [0, 0.1) is 0 Å². The number of thioether (sulfide) groups is 1. The van der Waals surface area contributed by atoms with Crippen molar-refractivity contribution in [3.63, 3.8) is 0 Å². The van der Waals surface area contributed by atoms with Crippen LogP contribution in [0.3, 0.4) is 0 Å². The molecule has 23 heavy (non-hydrogen) atoms. The van der Waals surface area contributed by atoms with Crippen LogP contribution in [0.15, 0.2) is 28.2 Å². The van der Waals surface area contributed by atoms with E-state index >= 15 is 0 Å². The van der Waals surface area contributed by atoms with E-state index in [0.717, 1.165) is 34.6 Å². The molecule has 1 N–H and O–H groups in total. The van der Waals surface area contributed by atoms with Crippen LogP contribution in [0.4, 0.5) is 13.2 Å². The van der Waals surface area contributed by atoms with Crippen LogP contribution in [0.25, 0.3) is 0 Å². The monoisotopic (exact) mass is 347 g/mol. The Morgan fingerprint density at radius 2 is 2.00 bits per heavy atom. The standard InChI is InChI=1S/C13H12F3N3O3S/c1-18-11(17-19(2)12(18)22)23-6-7-5-8(13(14,15)16)3-4-9(7)10(20)21/h3-5H,6H2,1-2H3,(H,20,21). The van der Waals surface area contributed by atoms with Crippen molar-refractivity contribution in [3.05, 3.63) is 45.4 Å². The molecule has 0 spiro atoms. The number of alkyl halides is 3. The zero-order valence-corrected chi connectivity index (χ0v) is 12.9. The molecule has 2 rings (SSSR count). The predicted octanol–water partition coefficient (Wildman–Crippen LogP) is 2.13. The fourth-order valence-corrected chi connectivity index (χ4v) is 2.88. The highest BCUT2D eigenvalue weighted by molar-refractivity contribution is 7.98. The van der Waals surface area contributed by atoms with E-state index in [9.17, 15) is 22.8 Å². The first-order chi connectivity index (χ1) is 10.6. The van der Waals surface area contributed by atoms with Crippen molar-refractivity contribution in [1.82, 2.24) is 14.3 Å². The molecule has 0 saturated carbocycles. The number of carbonyl (C=O) groups is 1. The Labute approximate surface area is 132 Å². The van der Waals surface area contributed by atoms with Crippen LogP contribution >= 0.6 is 11.8 Å². The van der Waals surface area contributed by atoms with Gasteiger partial charge in [0.25, 0.3) is 0 Å². The number of aromatic nitrogens is 3. The van der Waals surface area contributed by atoms with Crippen molar-refractivity contribution in [2.24, 2.45) is 14.1 Å². The minimum absolute atomic E-state index is 0.00965. The van der Waals surface area contributed by atoms with Crippen molar-refractivity contribution in [1.29, 1.82) is 0 Å². The highest BCUT2D eigenvalue weighted by Gasteiger charge is 2.31. The number of carboxylic acid groups (broad SMARTS) is 1. The lowest BCUT2D eigenvalue weighted by Gasteiger charge is -2.11. The molecule has 1 aromatic carbocycles. The minimum Gasteiger partial charge on any atom is -0.478 e. The van der Waals surface area contributed by atoms with Crippen molar-refractivity contribution in [3.8, 4) is 0 Å². The summed E-state index contributed by atoms with van der Waals surface area (Å²) in [5, 5.41) is 13.3. The number of nitrogens with zero attached hydrogens (tertiary/aromatic N) is 3. The molecular formula is C13H12F3N3O3S. The van der Waals surface area contributed by atoms with Crippen LogP contribution in [-0.4, -0.2) is 25.4 Å². The van der Waals surface area contributed by atoms with Crippen molar-refractivity contribution in [2.75, 3.05) is 0 Å². The predicted molar refractivity (Wildman–Crippen MR) is 76.4 cm³/mol. The molecule has 0 saturated heterocycles. The second-order valence-corrected chi connectivity index (χ2v) is 5.65. The van der Waals surface area contributed by atoms with Crippen LogP contribution in [0.2, 0.25) is 0 Å². The maximum atomic E-state index is 12.8. The molecule has 0 fully saturated rings. The average molecular weight is 347 g/mol. The van der Waals surface area contributed by atoms with E-state index in [1.54, 1.807) is 0 Å². The summed E-state index contributed by atoms with van der Waals surface area (Å²) in [7, 11) is 2.92. The lowest BCUT2D eigenvalue weighted by atomic mass is 10.0. The SMILES string of the molecule is Cn1nc(SCc2cc(C(F)(F)F)ccc2C(=O)O)n(C)c1=O. The summed E-state index contributed by atoms with van der Waals surface area (Å²) in [5.74, 6) is -1.38. The normalized spacial score (nSPS) is 11.7. The van der Waals surface area contributed by atoms with Crippen molar-refractivity contribution < 1.29 is 23.1 Å². The molecule has 0 aliphatic carbocycles. The highest BCUT2D eigenvalue weighted by atomic mass is 32.2. The number of hydrogen-bond donors (Lipinski definition) is 1. The molecule has 1 heterocycles. The quantitative estimate of drug-likeness (QED) is 0.858. The van der Waals surface area contributed by atoms with Crippen LogP contribution < -0.4 is 5.69 Å². The highest BCUT2D eigenvalue weighted by Crippen LogP contribution is 2.32. The van der Waals surface area contributed by atoms with Gasteiger partial charge in [0.1, 0.15) is 0 Å². The van der Waals surface area contributed by atoms with Crippen LogP contribution in [0.5, 0.6) is 0 Å². The summed E-state index contributed by atoms with van der Waals surface area (Å²) in [6.45, 7) is 0. The van der Waals surface area contributed by atoms with Gasteiger partial charge in [-0.25, -0.2) is 14.3 Å². The second-order valence-electron chi connectivity index (χ2n) is 4.71. The Morgan fingerprint density at radius 3 is 2.48 bits per heavy atom. The fraction of sp³-hybridized carbons (Fsp3) is 0.308. The molecule has 10 heteroatoms. The Balaban J connectivity index is 2.35. The van der Waals surface area contributed by atoms with Gasteiger partial charge in [-0.05, 0) is 23.8 Å². The Morgan fingerprint density at radius 1 is 1.35 bits per heavy atom. The number of benzene rings is 1. The molecule has 0 unspecified atom stereocenters. The van der Waals surface area contributed by atoms with Crippen LogP contribution in [-0.2, 0) is 26.0 Å². The number of halogens is 3.